The van der Waals surface area contributed by atoms with Gasteiger partial charge in [0.2, 0.25) is 0 Å². The maximum Gasteiger partial charge on any atom is 0.164 e. The molecule has 0 saturated carbocycles. The Labute approximate surface area is 128 Å². The third kappa shape index (κ3) is 2.89. The quantitative estimate of drug-likeness (QED) is 0.757. The molecule has 1 aromatic heterocycles. The minimum absolute atomic E-state index is 0.281. The Bertz CT molecular complexity index is 619. The fraction of sp³-hybridized carbons (Fsp3) is 0.333. The Morgan fingerprint density at radius 2 is 1.85 bits per heavy atom. The summed E-state index contributed by atoms with van der Waals surface area (Å²) < 4.78 is 5.33. The fourth-order valence-corrected chi connectivity index (χ4v) is 2.77. The van der Waals surface area contributed by atoms with Gasteiger partial charge in [-0.3, -0.25) is 0 Å². The van der Waals surface area contributed by atoms with Crippen molar-refractivity contribution in [2.75, 3.05) is 7.11 Å². The summed E-state index contributed by atoms with van der Waals surface area (Å²) in [5.41, 5.74) is 2.63. The topological polar surface area (TPSA) is 35.0 Å². The van der Waals surface area contributed by atoms with Gasteiger partial charge in [0.05, 0.1) is 12.7 Å². The van der Waals surface area contributed by atoms with Gasteiger partial charge in [0, 0.05) is 16.3 Å². The van der Waals surface area contributed by atoms with E-state index in [-0.39, 0.29) is 5.92 Å². The summed E-state index contributed by atoms with van der Waals surface area (Å²) in [5, 5.41) is 1.09. The molecule has 2 rings (SSSR count). The molecular formula is C15H16Cl2N2O. The number of hydrogen-bond acceptors (Lipinski definition) is 3. The summed E-state index contributed by atoms with van der Waals surface area (Å²) in [6.45, 7) is 6.08. The van der Waals surface area contributed by atoms with Gasteiger partial charge in [0.25, 0.3) is 0 Å². The van der Waals surface area contributed by atoms with Crippen LogP contribution in [0.1, 0.15) is 31.0 Å². The summed E-state index contributed by atoms with van der Waals surface area (Å²) in [6.07, 6.45) is 0. The molecule has 1 heterocycles. The van der Waals surface area contributed by atoms with Gasteiger partial charge in [0.15, 0.2) is 5.82 Å². The Balaban J connectivity index is 2.60. The zero-order valence-corrected chi connectivity index (χ0v) is 13.4. The average Bonchev–Trinajstić information content (AvgIpc) is 2.37. The van der Waals surface area contributed by atoms with Gasteiger partial charge in [-0.1, -0.05) is 37.0 Å². The van der Waals surface area contributed by atoms with Crippen molar-refractivity contribution in [2.45, 2.75) is 26.7 Å². The normalized spacial score (nSPS) is 10.9. The van der Waals surface area contributed by atoms with E-state index in [9.17, 15) is 0 Å². The number of halogens is 2. The van der Waals surface area contributed by atoms with Crippen LogP contribution in [0.3, 0.4) is 0 Å². The predicted molar refractivity (Wildman–Crippen MR) is 82.9 cm³/mol. The molecular weight excluding hydrogens is 295 g/mol. The molecule has 0 radical (unpaired) electrons. The zero-order chi connectivity index (χ0) is 14.9. The summed E-state index contributed by atoms with van der Waals surface area (Å²) in [7, 11) is 1.59. The molecule has 0 spiro atoms. The molecule has 1 aromatic carbocycles. The SMILES string of the molecule is COc1cc(Cl)ccc1-c1nc(C)c(C(C)C)c(Cl)n1. The van der Waals surface area contributed by atoms with Crippen LogP contribution in [0.5, 0.6) is 5.75 Å². The molecule has 0 N–H and O–H groups in total. The van der Waals surface area contributed by atoms with Gasteiger partial charge in [-0.15, -0.1) is 0 Å². The lowest BCUT2D eigenvalue weighted by atomic mass is 10.0. The molecule has 0 saturated heterocycles. The van der Waals surface area contributed by atoms with Crippen LogP contribution < -0.4 is 4.74 Å². The molecule has 0 atom stereocenters. The Hall–Kier alpha value is -1.32. The van der Waals surface area contributed by atoms with Gasteiger partial charge < -0.3 is 4.74 Å². The van der Waals surface area contributed by atoms with Gasteiger partial charge in [-0.25, -0.2) is 9.97 Å². The largest absolute Gasteiger partial charge is 0.496 e. The van der Waals surface area contributed by atoms with E-state index in [1.807, 2.05) is 13.0 Å². The van der Waals surface area contributed by atoms with Crippen molar-refractivity contribution in [2.24, 2.45) is 0 Å². The van der Waals surface area contributed by atoms with E-state index in [4.69, 9.17) is 27.9 Å². The van der Waals surface area contributed by atoms with Gasteiger partial charge >= 0.3 is 0 Å². The molecule has 20 heavy (non-hydrogen) atoms. The number of hydrogen-bond donors (Lipinski definition) is 0. The van der Waals surface area contributed by atoms with Crippen LogP contribution in [0.4, 0.5) is 0 Å². The van der Waals surface area contributed by atoms with Crippen LogP contribution in [0.15, 0.2) is 18.2 Å². The first-order chi connectivity index (χ1) is 9.43. The molecule has 0 amide bonds. The lowest BCUT2D eigenvalue weighted by Crippen LogP contribution is -2.02. The van der Waals surface area contributed by atoms with Gasteiger partial charge in [-0.05, 0) is 31.0 Å². The smallest absolute Gasteiger partial charge is 0.164 e. The van der Waals surface area contributed by atoms with Crippen molar-refractivity contribution in [1.29, 1.82) is 0 Å². The van der Waals surface area contributed by atoms with Crippen molar-refractivity contribution in [1.82, 2.24) is 9.97 Å². The van der Waals surface area contributed by atoms with Crippen LogP contribution in [-0.2, 0) is 0 Å². The van der Waals surface area contributed by atoms with Crippen LogP contribution in [-0.4, -0.2) is 17.1 Å². The number of aryl methyl sites for hydroxylation is 1. The first-order valence-corrected chi connectivity index (χ1v) is 7.07. The highest BCUT2D eigenvalue weighted by atomic mass is 35.5. The molecule has 0 fully saturated rings. The van der Waals surface area contributed by atoms with E-state index in [2.05, 4.69) is 23.8 Å². The predicted octanol–water partition coefficient (Wildman–Crippen LogP) is 4.89. The van der Waals surface area contributed by atoms with Crippen molar-refractivity contribution in [3.8, 4) is 17.1 Å². The third-order valence-electron chi connectivity index (χ3n) is 3.07. The van der Waals surface area contributed by atoms with E-state index in [1.165, 1.54) is 0 Å². The van der Waals surface area contributed by atoms with E-state index < -0.39 is 0 Å². The Kier molecular flexibility index (Phi) is 4.51. The first kappa shape index (κ1) is 15.1. The highest BCUT2D eigenvalue weighted by Gasteiger charge is 2.16. The molecule has 0 unspecified atom stereocenters. The minimum Gasteiger partial charge on any atom is -0.496 e. The van der Waals surface area contributed by atoms with Crippen molar-refractivity contribution < 1.29 is 4.74 Å². The monoisotopic (exact) mass is 310 g/mol. The van der Waals surface area contributed by atoms with Crippen LogP contribution in [0, 0.1) is 6.92 Å². The maximum atomic E-state index is 6.29. The Morgan fingerprint density at radius 3 is 2.40 bits per heavy atom. The van der Waals surface area contributed by atoms with Crippen LogP contribution in [0.25, 0.3) is 11.4 Å². The van der Waals surface area contributed by atoms with Crippen molar-refractivity contribution in [3.63, 3.8) is 0 Å². The second kappa shape index (κ2) is 5.98. The summed E-state index contributed by atoms with van der Waals surface area (Å²) in [6, 6.07) is 5.35. The molecule has 0 bridgehead atoms. The molecule has 3 nitrogen and oxygen atoms in total. The first-order valence-electron chi connectivity index (χ1n) is 6.32. The number of nitrogens with zero attached hydrogens (tertiary/aromatic N) is 2. The van der Waals surface area contributed by atoms with Crippen molar-refractivity contribution >= 4 is 23.2 Å². The lowest BCUT2D eigenvalue weighted by molar-refractivity contribution is 0.416. The molecule has 0 aliphatic rings. The summed E-state index contributed by atoms with van der Waals surface area (Å²) in [4.78, 5) is 8.94. The van der Waals surface area contributed by atoms with E-state index in [0.29, 0.717) is 21.7 Å². The average molecular weight is 311 g/mol. The standard InChI is InChI=1S/C15H16Cl2N2O/c1-8(2)13-9(3)18-15(19-14(13)17)11-6-5-10(16)7-12(11)20-4/h5-8H,1-4H3. The number of aromatic nitrogens is 2. The number of rotatable bonds is 3. The number of methoxy groups -OCH3 is 1. The maximum absolute atomic E-state index is 6.29. The highest BCUT2D eigenvalue weighted by molar-refractivity contribution is 6.31. The lowest BCUT2D eigenvalue weighted by Gasteiger charge is -2.13. The molecule has 2 aromatic rings. The van der Waals surface area contributed by atoms with E-state index in [0.717, 1.165) is 16.8 Å². The Morgan fingerprint density at radius 1 is 1.15 bits per heavy atom. The van der Waals surface area contributed by atoms with Crippen LogP contribution >= 0.6 is 23.2 Å². The van der Waals surface area contributed by atoms with E-state index >= 15 is 0 Å². The summed E-state index contributed by atoms with van der Waals surface area (Å²) in [5.74, 6) is 1.46. The van der Waals surface area contributed by atoms with Gasteiger partial charge in [0.1, 0.15) is 10.9 Å². The second-order valence-corrected chi connectivity index (χ2v) is 5.63. The minimum atomic E-state index is 0.281. The second-order valence-electron chi connectivity index (χ2n) is 4.84. The van der Waals surface area contributed by atoms with E-state index in [1.54, 1.807) is 19.2 Å². The molecule has 5 heteroatoms. The fourth-order valence-electron chi connectivity index (χ4n) is 2.17. The van der Waals surface area contributed by atoms with Gasteiger partial charge in [-0.2, -0.15) is 0 Å². The highest BCUT2D eigenvalue weighted by Crippen LogP contribution is 2.33. The number of ether oxygens (including phenoxy) is 1. The molecule has 0 aliphatic carbocycles. The van der Waals surface area contributed by atoms with Crippen LogP contribution in [0.2, 0.25) is 10.2 Å². The molecule has 106 valence electrons. The van der Waals surface area contributed by atoms with Crippen molar-refractivity contribution in [3.05, 3.63) is 39.6 Å². The third-order valence-corrected chi connectivity index (χ3v) is 3.59. The number of benzene rings is 1. The molecule has 0 aliphatic heterocycles. The zero-order valence-electron chi connectivity index (χ0n) is 11.9. The summed E-state index contributed by atoms with van der Waals surface area (Å²) >= 11 is 12.3.